The van der Waals surface area contributed by atoms with Crippen molar-refractivity contribution in [3.05, 3.63) is 54.1 Å². The van der Waals surface area contributed by atoms with Crippen LogP contribution in [0.5, 0.6) is 0 Å². The molecule has 152 valence electrons. The first kappa shape index (κ1) is 21.7. The molecule has 1 unspecified atom stereocenters. The predicted octanol–water partition coefficient (Wildman–Crippen LogP) is 4.36. The molecule has 2 aromatic rings. The zero-order valence-electron chi connectivity index (χ0n) is 16.6. The second-order valence-electron chi connectivity index (χ2n) is 7.27. The van der Waals surface area contributed by atoms with Gasteiger partial charge in [0, 0.05) is 32.2 Å². The average Bonchev–Trinajstić information content (AvgIpc) is 2.73. The lowest BCUT2D eigenvalue weighted by molar-refractivity contribution is 0.154. The number of nitrogens with zero attached hydrogens (tertiary/aromatic N) is 2. The van der Waals surface area contributed by atoms with Gasteiger partial charge in [0.2, 0.25) is 10.0 Å². The van der Waals surface area contributed by atoms with Crippen LogP contribution in [0, 0.1) is 0 Å². The smallest absolute Gasteiger partial charge is 0.243 e. The normalized spacial score (nSPS) is 17.8. The maximum atomic E-state index is 13.0. The van der Waals surface area contributed by atoms with Gasteiger partial charge in [0.1, 0.15) is 0 Å². The lowest BCUT2D eigenvalue weighted by Gasteiger charge is -2.36. The van der Waals surface area contributed by atoms with E-state index in [4.69, 9.17) is 0 Å². The second-order valence-corrected chi connectivity index (χ2v) is 11.0. The van der Waals surface area contributed by atoms with Crippen molar-refractivity contribution >= 4 is 34.4 Å². The van der Waals surface area contributed by atoms with Crippen LogP contribution in [0.2, 0.25) is 0 Å². The van der Waals surface area contributed by atoms with Crippen LogP contribution >= 0.6 is 24.4 Å². The van der Waals surface area contributed by atoms with E-state index < -0.39 is 10.0 Å². The predicted molar refractivity (Wildman–Crippen MR) is 123 cm³/mol. The molecule has 0 saturated carbocycles. The van der Waals surface area contributed by atoms with Crippen molar-refractivity contribution in [2.75, 3.05) is 32.4 Å². The van der Waals surface area contributed by atoms with Crippen LogP contribution in [0.4, 0.5) is 0 Å². The molecular formula is C21H28N2O2S3. The van der Waals surface area contributed by atoms with Crippen molar-refractivity contribution in [1.82, 2.24) is 9.21 Å². The van der Waals surface area contributed by atoms with Crippen molar-refractivity contribution in [1.29, 1.82) is 0 Å². The van der Waals surface area contributed by atoms with Gasteiger partial charge in [-0.05, 0) is 48.9 Å². The number of benzene rings is 2. The summed E-state index contributed by atoms with van der Waals surface area (Å²) in [6, 6.07) is 15.9. The Kier molecular flexibility index (Phi) is 7.15. The number of thioether (sulfide) groups is 1. The number of hydrogen-bond acceptors (Lipinski definition) is 5. The quantitative estimate of drug-likeness (QED) is 0.540. The molecule has 0 amide bonds. The molecule has 0 aromatic heterocycles. The summed E-state index contributed by atoms with van der Waals surface area (Å²) in [5.74, 6) is 0. The SMILES string of the molecule is CSC(S)c1ccc(-c2ccc(S(=O)(=O)N3CCN(C(C)C)CC3)cc2)cc1. The first-order chi connectivity index (χ1) is 13.3. The molecule has 7 heteroatoms. The van der Waals surface area contributed by atoms with E-state index in [1.54, 1.807) is 28.2 Å². The molecule has 0 radical (unpaired) electrons. The summed E-state index contributed by atoms with van der Waals surface area (Å²) in [7, 11) is -3.44. The van der Waals surface area contributed by atoms with Gasteiger partial charge in [0.15, 0.2) is 0 Å². The Morgan fingerprint density at radius 1 is 0.893 bits per heavy atom. The minimum Gasteiger partial charge on any atom is -0.298 e. The van der Waals surface area contributed by atoms with Crippen molar-refractivity contribution in [3.63, 3.8) is 0 Å². The minimum absolute atomic E-state index is 0.165. The summed E-state index contributed by atoms with van der Waals surface area (Å²) < 4.78 is 27.7. The third-order valence-electron chi connectivity index (χ3n) is 5.25. The largest absolute Gasteiger partial charge is 0.298 e. The number of sulfonamides is 1. The molecule has 1 atom stereocenters. The van der Waals surface area contributed by atoms with Crippen LogP contribution in [0.25, 0.3) is 11.1 Å². The van der Waals surface area contributed by atoms with Crippen LogP contribution in [-0.2, 0) is 10.0 Å². The number of hydrogen-bond donors (Lipinski definition) is 1. The van der Waals surface area contributed by atoms with Gasteiger partial charge in [-0.15, -0.1) is 11.8 Å². The molecule has 1 fully saturated rings. The summed E-state index contributed by atoms with van der Waals surface area (Å²) in [6.45, 7) is 6.95. The summed E-state index contributed by atoms with van der Waals surface area (Å²) >= 11 is 6.23. The van der Waals surface area contributed by atoms with E-state index in [2.05, 4.69) is 55.6 Å². The van der Waals surface area contributed by atoms with Crippen molar-refractivity contribution in [2.45, 2.75) is 29.4 Å². The van der Waals surface area contributed by atoms with E-state index in [9.17, 15) is 8.42 Å². The van der Waals surface area contributed by atoms with E-state index in [1.807, 2.05) is 18.4 Å². The molecule has 1 aliphatic rings. The van der Waals surface area contributed by atoms with Crippen LogP contribution < -0.4 is 0 Å². The van der Waals surface area contributed by atoms with Gasteiger partial charge in [-0.3, -0.25) is 4.90 Å². The molecule has 1 aliphatic heterocycles. The molecule has 3 rings (SSSR count). The highest BCUT2D eigenvalue weighted by atomic mass is 32.2. The molecule has 4 nitrogen and oxygen atoms in total. The Hall–Kier alpha value is -0.990. The van der Waals surface area contributed by atoms with Gasteiger partial charge in [-0.1, -0.05) is 36.4 Å². The van der Waals surface area contributed by atoms with Gasteiger partial charge >= 0.3 is 0 Å². The fraction of sp³-hybridized carbons (Fsp3) is 0.429. The third kappa shape index (κ3) is 4.76. The molecule has 1 saturated heterocycles. The first-order valence-corrected chi connectivity index (χ1v) is 12.7. The van der Waals surface area contributed by atoms with Crippen molar-refractivity contribution in [3.8, 4) is 11.1 Å². The van der Waals surface area contributed by atoms with E-state index in [1.165, 1.54) is 5.56 Å². The van der Waals surface area contributed by atoms with Gasteiger partial charge in [0.05, 0.1) is 9.48 Å². The molecule has 2 aromatic carbocycles. The van der Waals surface area contributed by atoms with Gasteiger partial charge in [-0.25, -0.2) is 8.42 Å². The summed E-state index contributed by atoms with van der Waals surface area (Å²) in [6.07, 6.45) is 2.04. The number of piperazine rings is 1. The third-order valence-corrected chi connectivity index (χ3v) is 8.81. The Labute approximate surface area is 178 Å². The highest BCUT2D eigenvalue weighted by Gasteiger charge is 2.29. The van der Waals surface area contributed by atoms with Gasteiger partial charge in [0.25, 0.3) is 0 Å². The average molecular weight is 437 g/mol. The molecule has 0 N–H and O–H groups in total. The summed E-state index contributed by atoms with van der Waals surface area (Å²) in [5, 5.41) is 0. The van der Waals surface area contributed by atoms with Crippen LogP contribution in [0.3, 0.4) is 0 Å². The Morgan fingerprint density at radius 2 is 1.39 bits per heavy atom. The molecule has 0 spiro atoms. The molecule has 0 aliphatic carbocycles. The van der Waals surface area contributed by atoms with Crippen LogP contribution in [0.1, 0.15) is 24.0 Å². The monoisotopic (exact) mass is 436 g/mol. The fourth-order valence-corrected chi connectivity index (χ4v) is 5.43. The molecule has 0 bridgehead atoms. The zero-order valence-corrected chi connectivity index (χ0v) is 19.1. The summed E-state index contributed by atoms with van der Waals surface area (Å²) in [5.41, 5.74) is 3.24. The maximum absolute atomic E-state index is 13.0. The standard InChI is InChI=1S/C21H28N2O2S3/c1-16(2)22-12-14-23(15-13-22)28(24,25)20-10-8-18(9-11-20)17-4-6-19(7-5-17)21(26)27-3/h4-11,16,21,26H,12-15H2,1-3H3. The minimum atomic E-state index is -3.44. The van der Waals surface area contributed by atoms with E-state index in [-0.39, 0.29) is 4.58 Å². The lowest BCUT2D eigenvalue weighted by Crippen LogP contribution is -2.50. The highest BCUT2D eigenvalue weighted by molar-refractivity contribution is 8.09. The second kappa shape index (κ2) is 9.22. The Bertz CT molecular complexity index is 873. The first-order valence-electron chi connectivity index (χ1n) is 9.48. The molecular weight excluding hydrogens is 408 g/mol. The Morgan fingerprint density at radius 3 is 1.86 bits per heavy atom. The fourth-order valence-electron chi connectivity index (χ4n) is 3.41. The highest BCUT2D eigenvalue weighted by Crippen LogP contribution is 2.32. The van der Waals surface area contributed by atoms with E-state index in [0.29, 0.717) is 24.0 Å². The Balaban J connectivity index is 1.73. The van der Waals surface area contributed by atoms with Crippen LogP contribution in [0.15, 0.2) is 53.4 Å². The van der Waals surface area contributed by atoms with E-state index >= 15 is 0 Å². The number of thiol groups is 1. The number of rotatable bonds is 6. The maximum Gasteiger partial charge on any atom is 0.243 e. The van der Waals surface area contributed by atoms with Gasteiger partial charge < -0.3 is 0 Å². The molecule has 28 heavy (non-hydrogen) atoms. The topological polar surface area (TPSA) is 40.6 Å². The van der Waals surface area contributed by atoms with Gasteiger partial charge in [-0.2, -0.15) is 16.9 Å². The van der Waals surface area contributed by atoms with Crippen molar-refractivity contribution < 1.29 is 8.42 Å². The summed E-state index contributed by atoms with van der Waals surface area (Å²) in [4.78, 5) is 2.68. The van der Waals surface area contributed by atoms with Crippen molar-refractivity contribution in [2.24, 2.45) is 0 Å². The molecule has 1 heterocycles. The lowest BCUT2D eigenvalue weighted by atomic mass is 10.0. The van der Waals surface area contributed by atoms with E-state index in [0.717, 1.165) is 24.2 Å². The van der Waals surface area contributed by atoms with Crippen LogP contribution in [-0.4, -0.2) is 56.1 Å². The zero-order chi connectivity index (χ0) is 20.3.